The minimum atomic E-state index is -0.125. The highest BCUT2D eigenvalue weighted by Gasteiger charge is 2.55. The highest BCUT2D eigenvalue weighted by Crippen LogP contribution is 2.61. The van der Waals surface area contributed by atoms with E-state index in [-0.39, 0.29) is 12.1 Å². The Morgan fingerprint density at radius 2 is 1.87 bits per heavy atom. The molecule has 0 N–H and O–H groups in total. The van der Waals surface area contributed by atoms with Crippen LogP contribution < -0.4 is 0 Å². The molecule has 4 fully saturated rings. The van der Waals surface area contributed by atoms with Crippen molar-refractivity contribution in [3.05, 3.63) is 0 Å². The molecule has 128 valence electrons. The Labute approximate surface area is 139 Å². The number of ether oxygens (including phenoxy) is 1. The summed E-state index contributed by atoms with van der Waals surface area (Å²) in [6.45, 7) is 3.91. The predicted octanol–water partition coefficient (Wildman–Crippen LogP) is 4.14. The Kier molecular flexibility index (Phi) is 3.81. The van der Waals surface area contributed by atoms with Gasteiger partial charge in [-0.3, -0.25) is 9.59 Å². The monoisotopic (exact) mass is 318 g/mol. The maximum Gasteiger partial charge on any atom is 0.302 e. The third-order valence-electron chi connectivity index (χ3n) is 7.81. The fraction of sp³-hybridized carbons (Fsp3) is 0.900. The van der Waals surface area contributed by atoms with E-state index in [2.05, 4.69) is 6.92 Å². The summed E-state index contributed by atoms with van der Waals surface area (Å²) in [7, 11) is 0. The van der Waals surface area contributed by atoms with Gasteiger partial charge in [0.1, 0.15) is 11.9 Å². The van der Waals surface area contributed by atoms with Gasteiger partial charge < -0.3 is 4.74 Å². The van der Waals surface area contributed by atoms with Crippen LogP contribution in [0.3, 0.4) is 0 Å². The second kappa shape index (κ2) is 5.60. The zero-order valence-electron chi connectivity index (χ0n) is 14.6. The minimum absolute atomic E-state index is 0.125. The van der Waals surface area contributed by atoms with Gasteiger partial charge >= 0.3 is 5.97 Å². The molecule has 7 atom stereocenters. The van der Waals surface area contributed by atoms with Crippen LogP contribution in [0.5, 0.6) is 0 Å². The number of carbonyl (C=O) groups excluding carboxylic acids is 2. The quantitative estimate of drug-likeness (QED) is 0.682. The van der Waals surface area contributed by atoms with Gasteiger partial charge in [0, 0.05) is 19.8 Å². The molecule has 4 aliphatic carbocycles. The van der Waals surface area contributed by atoms with E-state index in [1.54, 1.807) is 0 Å². The van der Waals surface area contributed by atoms with Gasteiger partial charge in [0.25, 0.3) is 0 Å². The maximum absolute atomic E-state index is 12.1. The third kappa shape index (κ3) is 2.64. The molecule has 0 radical (unpaired) electrons. The van der Waals surface area contributed by atoms with Crippen LogP contribution in [0.1, 0.15) is 71.6 Å². The van der Waals surface area contributed by atoms with Gasteiger partial charge in [-0.1, -0.05) is 6.92 Å². The van der Waals surface area contributed by atoms with Gasteiger partial charge in [-0.15, -0.1) is 0 Å². The van der Waals surface area contributed by atoms with Crippen molar-refractivity contribution in [2.45, 2.75) is 77.7 Å². The van der Waals surface area contributed by atoms with Crippen molar-refractivity contribution in [3.8, 4) is 0 Å². The van der Waals surface area contributed by atoms with Crippen molar-refractivity contribution < 1.29 is 14.3 Å². The van der Waals surface area contributed by atoms with E-state index < -0.39 is 0 Å². The summed E-state index contributed by atoms with van der Waals surface area (Å²) in [6.07, 6.45) is 10.4. The summed E-state index contributed by atoms with van der Waals surface area (Å²) >= 11 is 0. The van der Waals surface area contributed by atoms with Crippen LogP contribution in [0.25, 0.3) is 0 Å². The molecule has 4 aliphatic rings. The molecule has 0 unspecified atom stereocenters. The van der Waals surface area contributed by atoms with Gasteiger partial charge in [-0.2, -0.15) is 0 Å². The molecule has 3 heteroatoms. The molecule has 3 nitrogen and oxygen atoms in total. The molecule has 0 aromatic heterocycles. The summed E-state index contributed by atoms with van der Waals surface area (Å²) in [6, 6.07) is 0. The topological polar surface area (TPSA) is 43.4 Å². The number of hydrogen-bond donors (Lipinski definition) is 0. The fourth-order valence-corrected chi connectivity index (χ4v) is 6.93. The lowest BCUT2D eigenvalue weighted by atomic mass is 9.50. The lowest BCUT2D eigenvalue weighted by Crippen LogP contribution is -2.48. The molecule has 0 amide bonds. The number of carbonyl (C=O) groups is 2. The van der Waals surface area contributed by atoms with Gasteiger partial charge in [0.2, 0.25) is 0 Å². The first-order valence-electron chi connectivity index (χ1n) is 9.65. The minimum Gasteiger partial charge on any atom is -0.463 e. The predicted molar refractivity (Wildman–Crippen MR) is 87.7 cm³/mol. The number of fused-ring (bicyclic) bond motifs is 5. The Bertz CT molecular complexity index is 513. The van der Waals surface area contributed by atoms with E-state index in [4.69, 9.17) is 4.74 Å². The molecule has 0 heterocycles. The summed E-state index contributed by atoms with van der Waals surface area (Å²) in [5.74, 6) is 4.22. The Morgan fingerprint density at radius 1 is 1.09 bits per heavy atom. The standard InChI is InChI=1S/C20H30O3/c1-12(21)23-15-4-6-16-13(9-15)3-5-18-17(16)7-8-20(2)11-14(22)10-19(18)20/h13,15-19H,3-11H2,1-2H3/t13-,15+,16+,17+,18-,19+,20-/m1/s1. The molecular formula is C20H30O3. The second-order valence-electron chi connectivity index (χ2n) is 9.09. The largest absolute Gasteiger partial charge is 0.463 e. The normalized spacial score (nSPS) is 49.0. The fourth-order valence-electron chi connectivity index (χ4n) is 6.93. The van der Waals surface area contributed by atoms with Gasteiger partial charge in [-0.25, -0.2) is 0 Å². The van der Waals surface area contributed by atoms with E-state index in [1.807, 2.05) is 0 Å². The van der Waals surface area contributed by atoms with E-state index in [1.165, 1.54) is 39.0 Å². The highest BCUT2D eigenvalue weighted by atomic mass is 16.5. The maximum atomic E-state index is 12.1. The summed E-state index contributed by atoms with van der Waals surface area (Å²) in [4.78, 5) is 23.3. The molecule has 4 saturated carbocycles. The van der Waals surface area contributed by atoms with Crippen LogP contribution >= 0.6 is 0 Å². The van der Waals surface area contributed by atoms with Crippen molar-refractivity contribution >= 4 is 11.8 Å². The average molecular weight is 318 g/mol. The van der Waals surface area contributed by atoms with E-state index in [0.29, 0.717) is 17.1 Å². The molecule has 0 aromatic carbocycles. The van der Waals surface area contributed by atoms with Crippen molar-refractivity contribution in [2.75, 3.05) is 0 Å². The molecular weight excluding hydrogens is 288 g/mol. The number of rotatable bonds is 1. The first-order chi connectivity index (χ1) is 11.0. The number of esters is 1. The van der Waals surface area contributed by atoms with Crippen LogP contribution in [0.4, 0.5) is 0 Å². The first-order valence-corrected chi connectivity index (χ1v) is 9.65. The lowest BCUT2D eigenvalue weighted by Gasteiger charge is -2.55. The Hall–Kier alpha value is -0.860. The first kappa shape index (κ1) is 15.7. The molecule has 23 heavy (non-hydrogen) atoms. The summed E-state index contributed by atoms with van der Waals surface area (Å²) in [5.41, 5.74) is 0.306. The molecule has 0 saturated heterocycles. The number of Topliss-reactive ketones (excluding diaryl/α,β-unsaturated/α-hetero) is 1. The van der Waals surface area contributed by atoms with Crippen LogP contribution in [0, 0.1) is 35.0 Å². The number of ketones is 1. The smallest absolute Gasteiger partial charge is 0.302 e. The van der Waals surface area contributed by atoms with Gasteiger partial charge in [0.05, 0.1) is 0 Å². The molecule has 0 aliphatic heterocycles. The zero-order valence-corrected chi connectivity index (χ0v) is 14.6. The SMILES string of the molecule is CC(=O)O[C@H]1CC[C@H]2[C@H](CC[C@@H]3[C@H]2CC[C@]2(C)CC(=O)C[C@@H]32)C1. The van der Waals surface area contributed by atoms with Crippen molar-refractivity contribution in [1.29, 1.82) is 0 Å². The summed E-state index contributed by atoms with van der Waals surface area (Å²) in [5, 5.41) is 0. The van der Waals surface area contributed by atoms with Crippen LogP contribution in [-0.2, 0) is 14.3 Å². The molecule has 4 rings (SSSR count). The van der Waals surface area contributed by atoms with Crippen molar-refractivity contribution in [2.24, 2.45) is 35.0 Å². The van der Waals surface area contributed by atoms with Crippen molar-refractivity contribution in [1.82, 2.24) is 0 Å². The van der Waals surface area contributed by atoms with Crippen LogP contribution in [0.15, 0.2) is 0 Å². The molecule has 0 spiro atoms. The Morgan fingerprint density at radius 3 is 2.65 bits per heavy atom. The molecule has 0 aromatic rings. The zero-order chi connectivity index (χ0) is 16.2. The second-order valence-corrected chi connectivity index (χ2v) is 9.09. The summed E-state index contributed by atoms with van der Waals surface area (Å²) < 4.78 is 5.49. The Balaban J connectivity index is 1.48. The molecule has 0 bridgehead atoms. The van der Waals surface area contributed by atoms with Crippen LogP contribution in [-0.4, -0.2) is 17.9 Å². The van der Waals surface area contributed by atoms with E-state index >= 15 is 0 Å². The van der Waals surface area contributed by atoms with E-state index in [0.717, 1.165) is 49.4 Å². The number of hydrogen-bond acceptors (Lipinski definition) is 3. The van der Waals surface area contributed by atoms with E-state index in [9.17, 15) is 9.59 Å². The van der Waals surface area contributed by atoms with Crippen LogP contribution in [0.2, 0.25) is 0 Å². The van der Waals surface area contributed by atoms with Crippen molar-refractivity contribution in [3.63, 3.8) is 0 Å². The lowest BCUT2D eigenvalue weighted by molar-refractivity contribution is -0.151. The average Bonchev–Trinajstić information content (AvgIpc) is 2.80. The van der Waals surface area contributed by atoms with Gasteiger partial charge in [0.15, 0.2) is 0 Å². The third-order valence-corrected chi connectivity index (χ3v) is 7.81. The van der Waals surface area contributed by atoms with Gasteiger partial charge in [-0.05, 0) is 80.0 Å². The highest BCUT2D eigenvalue weighted by molar-refractivity contribution is 5.82.